The Hall–Kier alpha value is -0.620. The highest BCUT2D eigenvalue weighted by Gasteiger charge is 2.33. The molecule has 82 valence electrons. The van der Waals surface area contributed by atoms with Crippen LogP contribution in [-0.2, 0) is 10.3 Å². The SMILES string of the molecule is CCNC(C)(C(=O)O)c1ccc(I)cc1. The van der Waals surface area contributed by atoms with Crippen LogP contribution in [0.2, 0.25) is 0 Å². The van der Waals surface area contributed by atoms with E-state index in [4.69, 9.17) is 0 Å². The molecule has 0 spiro atoms. The average molecular weight is 319 g/mol. The second kappa shape index (κ2) is 4.94. The van der Waals surface area contributed by atoms with Crippen molar-refractivity contribution in [2.45, 2.75) is 19.4 Å². The van der Waals surface area contributed by atoms with Crippen LogP contribution in [0.4, 0.5) is 0 Å². The second-order valence-corrected chi connectivity index (χ2v) is 4.71. The van der Waals surface area contributed by atoms with Crippen molar-refractivity contribution in [3.8, 4) is 0 Å². The fourth-order valence-corrected chi connectivity index (χ4v) is 1.80. The van der Waals surface area contributed by atoms with Crippen molar-refractivity contribution in [1.29, 1.82) is 0 Å². The Morgan fingerprint density at radius 1 is 1.47 bits per heavy atom. The molecule has 0 saturated heterocycles. The van der Waals surface area contributed by atoms with Gasteiger partial charge in [0.2, 0.25) is 0 Å². The van der Waals surface area contributed by atoms with Crippen molar-refractivity contribution in [3.63, 3.8) is 0 Å². The Morgan fingerprint density at radius 2 is 2.00 bits per heavy atom. The number of rotatable bonds is 4. The number of benzene rings is 1. The minimum Gasteiger partial charge on any atom is -0.480 e. The molecule has 1 aromatic rings. The Labute approximate surface area is 103 Å². The summed E-state index contributed by atoms with van der Waals surface area (Å²) in [4.78, 5) is 11.2. The molecule has 1 aromatic carbocycles. The maximum absolute atomic E-state index is 11.2. The van der Waals surface area contributed by atoms with E-state index < -0.39 is 11.5 Å². The number of hydrogen-bond donors (Lipinski definition) is 2. The number of hydrogen-bond acceptors (Lipinski definition) is 2. The lowest BCUT2D eigenvalue weighted by atomic mass is 9.92. The van der Waals surface area contributed by atoms with Gasteiger partial charge in [0.25, 0.3) is 0 Å². The lowest BCUT2D eigenvalue weighted by Crippen LogP contribution is -2.46. The van der Waals surface area contributed by atoms with Crippen LogP contribution < -0.4 is 5.32 Å². The molecule has 0 fully saturated rings. The molecular formula is C11H14INO2. The largest absolute Gasteiger partial charge is 0.480 e. The van der Waals surface area contributed by atoms with E-state index in [1.54, 1.807) is 6.92 Å². The fourth-order valence-electron chi connectivity index (χ4n) is 1.44. The first-order valence-electron chi connectivity index (χ1n) is 4.75. The van der Waals surface area contributed by atoms with Crippen LogP contribution in [0.3, 0.4) is 0 Å². The van der Waals surface area contributed by atoms with Gasteiger partial charge in [-0.2, -0.15) is 0 Å². The normalized spacial score (nSPS) is 14.6. The molecule has 15 heavy (non-hydrogen) atoms. The number of likely N-dealkylation sites (N-methyl/N-ethyl adjacent to an activating group) is 1. The summed E-state index contributed by atoms with van der Waals surface area (Å²) in [6.07, 6.45) is 0. The van der Waals surface area contributed by atoms with Crippen molar-refractivity contribution in [2.24, 2.45) is 0 Å². The number of carboxylic acid groups (broad SMARTS) is 1. The Bertz CT molecular complexity index is 350. The predicted molar refractivity (Wildman–Crippen MR) is 67.8 cm³/mol. The zero-order valence-corrected chi connectivity index (χ0v) is 10.9. The molecular weight excluding hydrogens is 305 g/mol. The fraction of sp³-hybridized carbons (Fsp3) is 0.364. The van der Waals surface area contributed by atoms with Gasteiger partial charge in [-0.25, -0.2) is 4.79 Å². The summed E-state index contributed by atoms with van der Waals surface area (Å²) in [7, 11) is 0. The van der Waals surface area contributed by atoms with Crippen molar-refractivity contribution in [3.05, 3.63) is 33.4 Å². The van der Waals surface area contributed by atoms with E-state index in [1.165, 1.54) is 0 Å². The monoisotopic (exact) mass is 319 g/mol. The smallest absolute Gasteiger partial charge is 0.328 e. The molecule has 1 rings (SSSR count). The molecule has 2 N–H and O–H groups in total. The van der Waals surface area contributed by atoms with Crippen LogP contribution in [0.15, 0.2) is 24.3 Å². The molecule has 0 aliphatic rings. The highest BCUT2D eigenvalue weighted by molar-refractivity contribution is 14.1. The molecule has 0 aromatic heterocycles. The third-order valence-electron chi connectivity index (χ3n) is 2.38. The molecule has 0 saturated carbocycles. The van der Waals surface area contributed by atoms with Crippen molar-refractivity contribution in [2.75, 3.05) is 6.54 Å². The summed E-state index contributed by atoms with van der Waals surface area (Å²) >= 11 is 2.20. The molecule has 0 bridgehead atoms. The van der Waals surface area contributed by atoms with Crippen LogP contribution in [0.1, 0.15) is 19.4 Å². The maximum atomic E-state index is 11.2. The van der Waals surface area contributed by atoms with Crippen molar-refractivity contribution < 1.29 is 9.90 Å². The molecule has 0 aliphatic carbocycles. The van der Waals surface area contributed by atoms with Gasteiger partial charge in [-0.3, -0.25) is 5.32 Å². The number of carboxylic acids is 1. The summed E-state index contributed by atoms with van der Waals surface area (Å²) < 4.78 is 1.10. The molecule has 4 heteroatoms. The standard InChI is InChI=1S/C11H14INO2/c1-3-13-11(2,10(14)15)8-4-6-9(12)7-5-8/h4-7,13H,3H2,1-2H3,(H,14,15). The summed E-state index contributed by atoms with van der Waals surface area (Å²) in [5.41, 5.74) is -0.226. The van der Waals surface area contributed by atoms with Crippen molar-refractivity contribution >= 4 is 28.6 Å². The highest BCUT2D eigenvalue weighted by Crippen LogP contribution is 2.21. The molecule has 1 atom stereocenters. The van der Waals surface area contributed by atoms with Gasteiger partial charge in [0.1, 0.15) is 5.54 Å². The summed E-state index contributed by atoms with van der Waals surface area (Å²) in [5, 5.41) is 12.2. The number of nitrogens with one attached hydrogen (secondary N) is 1. The molecule has 0 amide bonds. The third kappa shape index (κ3) is 2.69. The number of carbonyl (C=O) groups is 1. The van der Waals surface area contributed by atoms with Gasteiger partial charge in [0, 0.05) is 3.57 Å². The predicted octanol–water partition coefficient (Wildman–Crippen LogP) is 2.20. The van der Waals surface area contributed by atoms with Gasteiger partial charge in [0.15, 0.2) is 0 Å². The van der Waals surface area contributed by atoms with Crippen LogP contribution in [0.5, 0.6) is 0 Å². The minimum atomic E-state index is -1.00. The van der Waals surface area contributed by atoms with E-state index in [2.05, 4.69) is 27.9 Å². The topological polar surface area (TPSA) is 49.3 Å². The third-order valence-corrected chi connectivity index (χ3v) is 3.10. The highest BCUT2D eigenvalue weighted by atomic mass is 127. The quantitative estimate of drug-likeness (QED) is 0.837. The molecule has 3 nitrogen and oxygen atoms in total. The Morgan fingerprint density at radius 3 is 2.40 bits per heavy atom. The zero-order valence-electron chi connectivity index (χ0n) is 8.75. The summed E-state index contributed by atoms with van der Waals surface area (Å²) in [6, 6.07) is 7.51. The van der Waals surface area contributed by atoms with Crippen LogP contribution >= 0.6 is 22.6 Å². The minimum absolute atomic E-state index is 0.620. The maximum Gasteiger partial charge on any atom is 0.328 e. The Kier molecular flexibility index (Phi) is 4.10. The summed E-state index contributed by atoms with van der Waals surface area (Å²) in [5.74, 6) is -0.856. The first-order valence-corrected chi connectivity index (χ1v) is 5.83. The van der Waals surface area contributed by atoms with Crippen LogP contribution in [-0.4, -0.2) is 17.6 Å². The van der Waals surface area contributed by atoms with E-state index in [1.807, 2.05) is 31.2 Å². The van der Waals surface area contributed by atoms with E-state index in [9.17, 15) is 9.90 Å². The average Bonchev–Trinajstić information content (AvgIpc) is 2.18. The van der Waals surface area contributed by atoms with E-state index >= 15 is 0 Å². The molecule has 1 unspecified atom stereocenters. The first-order chi connectivity index (χ1) is 7.00. The van der Waals surface area contributed by atoms with Crippen LogP contribution in [0.25, 0.3) is 0 Å². The van der Waals surface area contributed by atoms with Gasteiger partial charge in [-0.05, 0) is 53.8 Å². The van der Waals surface area contributed by atoms with Gasteiger partial charge in [0.05, 0.1) is 0 Å². The molecule has 0 heterocycles. The van der Waals surface area contributed by atoms with Crippen molar-refractivity contribution in [1.82, 2.24) is 5.32 Å². The molecule has 0 radical (unpaired) electrons. The number of halogens is 1. The summed E-state index contributed by atoms with van der Waals surface area (Å²) in [6.45, 7) is 4.20. The second-order valence-electron chi connectivity index (χ2n) is 3.47. The van der Waals surface area contributed by atoms with Gasteiger partial charge < -0.3 is 5.11 Å². The van der Waals surface area contributed by atoms with Gasteiger partial charge in [-0.1, -0.05) is 19.1 Å². The molecule has 0 aliphatic heterocycles. The lowest BCUT2D eigenvalue weighted by Gasteiger charge is -2.26. The first kappa shape index (κ1) is 12.4. The van der Waals surface area contributed by atoms with E-state index in [0.29, 0.717) is 6.54 Å². The van der Waals surface area contributed by atoms with Gasteiger partial charge >= 0.3 is 5.97 Å². The number of aliphatic carboxylic acids is 1. The van der Waals surface area contributed by atoms with Gasteiger partial charge in [-0.15, -0.1) is 0 Å². The lowest BCUT2D eigenvalue weighted by molar-refractivity contribution is -0.144. The van der Waals surface area contributed by atoms with E-state index in [0.717, 1.165) is 9.13 Å². The van der Waals surface area contributed by atoms with Crippen LogP contribution in [0, 0.1) is 3.57 Å². The Balaban J connectivity index is 3.09. The zero-order chi connectivity index (χ0) is 11.5. The van der Waals surface area contributed by atoms with E-state index in [-0.39, 0.29) is 0 Å².